The number of allylic oxidation sites excluding steroid dienone is 3. The summed E-state index contributed by atoms with van der Waals surface area (Å²) >= 11 is 0. The lowest BCUT2D eigenvalue weighted by molar-refractivity contribution is -0.316. The second-order valence-electron chi connectivity index (χ2n) is 15.1. The Morgan fingerprint density at radius 3 is 2.38 bits per heavy atom. The fourth-order valence-corrected chi connectivity index (χ4v) is 8.08. The smallest absolute Gasteiger partial charge is 0.342 e. The van der Waals surface area contributed by atoms with Gasteiger partial charge in [-0.1, -0.05) is 45.1 Å². The zero-order valence-corrected chi connectivity index (χ0v) is 30.0. The van der Waals surface area contributed by atoms with Crippen LogP contribution in [0.1, 0.15) is 91.9 Å². The molecule has 16 atom stereocenters. The molecule has 4 N–H and O–H groups in total. The van der Waals surface area contributed by atoms with E-state index in [4.69, 9.17) is 33.2 Å². The molecule has 0 aromatic heterocycles. The van der Waals surface area contributed by atoms with Gasteiger partial charge in [0.15, 0.2) is 6.29 Å². The van der Waals surface area contributed by atoms with Gasteiger partial charge in [-0.15, -0.1) is 0 Å². The van der Waals surface area contributed by atoms with Gasteiger partial charge in [0.2, 0.25) is 5.60 Å². The van der Waals surface area contributed by atoms with Gasteiger partial charge in [-0.3, -0.25) is 4.79 Å². The number of fused-ring (bicyclic) bond motifs is 6. The Morgan fingerprint density at radius 1 is 0.920 bits per heavy atom. The van der Waals surface area contributed by atoms with E-state index in [9.17, 15) is 30.0 Å². The highest BCUT2D eigenvalue weighted by Crippen LogP contribution is 2.40. The average molecular weight is 711 g/mol. The second kappa shape index (κ2) is 17.3. The molecule has 5 aliphatic heterocycles. The molecule has 0 radical (unpaired) electrons. The number of methoxy groups -OCH3 is 1. The normalized spacial score (nSPS) is 46.6. The Bertz CT molecular complexity index is 1190. The first-order chi connectivity index (χ1) is 23.8. The standard InChI is InChI=1S/C37H58O13/c1-6-10-31(39)50-30-18-25-16-24(47-35-34(44-5)33(41)32(40)22(4)45-35)15-23(46-25)13-20(2)11-8-7-9-12-28-21(3)14-29(49-28)27(38)17-26-19-37(30,43)36(42)48-26/h7-9,11,20-30,32-35,38,40-41,43H,6,10,12-19H2,1-5H3/b9-7?,11-8-/t20-,21+,22-,23+,24-,25+,26+,27+,28+,29+,30-,32+,33+,34+,35-,37+/m0/s1. The zero-order chi connectivity index (χ0) is 36.2. The quantitative estimate of drug-likeness (QED) is 0.296. The number of carbonyl (C=O) groups excluding carboxylic acids is 2. The third kappa shape index (κ3) is 9.34. The molecule has 0 aromatic carbocycles. The average Bonchev–Trinajstić information content (AvgIpc) is 3.57. The third-order valence-electron chi connectivity index (χ3n) is 10.9. The van der Waals surface area contributed by atoms with Gasteiger partial charge in [0, 0.05) is 45.6 Å². The van der Waals surface area contributed by atoms with Gasteiger partial charge in [-0.05, 0) is 44.4 Å². The van der Waals surface area contributed by atoms with Crippen LogP contribution in [0, 0.1) is 11.8 Å². The van der Waals surface area contributed by atoms with Gasteiger partial charge in [0.1, 0.15) is 30.5 Å². The fraction of sp³-hybridized carbons (Fsp3) is 0.838. The Hall–Kier alpha value is -1.94. The number of hydrogen-bond acceptors (Lipinski definition) is 13. The van der Waals surface area contributed by atoms with Crippen LogP contribution < -0.4 is 0 Å². The van der Waals surface area contributed by atoms with Crippen LogP contribution in [0.2, 0.25) is 0 Å². The lowest BCUT2D eigenvalue weighted by Gasteiger charge is -2.44. The Labute approximate surface area is 295 Å². The maximum Gasteiger partial charge on any atom is 0.342 e. The molecule has 284 valence electrons. The van der Waals surface area contributed by atoms with Crippen molar-refractivity contribution >= 4 is 11.9 Å². The molecule has 0 aliphatic carbocycles. The van der Waals surface area contributed by atoms with E-state index >= 15 is 0 Å². The van der Waals surface area contributed by atoms with Crippen molar-refractivity contribution < 1.29 is 63.2 Å². The van der Waals surface area contributed by atoms with Crippen molar-refractivity contribution in [3.63, 3.8) is 0 Å². The van der Waals surface area contributed by atoms with Crippen molar-refractivity contribution in [2.45, 2.75) is 177 Å². The lowest BCUT2D eigenvalue weighted by atomic mass is 9.85. The summed E-state index contributed by atoms with van der Waals surface area (Å²) in [6.45, 7) is 7.67. The molecule has 0 saturated carbocycles. The first-order valence-corrected chi connectivity index (χ1v) is 18.5. The third-order valence-corrected chi connectivity index (χ3v) is 10.9. The SMILES string of the molecule is CCCC(=O)O[C@H]1C[C@H]2C[C@@H](O[C@@H]3O[C@@H](C)[C@@H](O)[C@@H](O)[C@H]3OC)C[C@@H](C[C@@H](C)/C=C\C=CC[C@H]3O[C@H](C[C@H]3C)[C@H](O)C[C@@H]3C[C@]1(O)C(=O)O3)O2. The maximum atomic E-state index is 13.4. The molecule has 0 spiro atoms. The topological polar surface area (TPSA) is 180 Å². The molecule has 13 heteroatoms. The number of ether oxygens (including phenoxy) is 7. The van der Waals surface area contributed by atoms with Gasteiger partial charge in [0.05, 0.1) is 42.7 Å². The van der Waals surface area contributed by atoms with Crippen molar-refractivity contribution in [2.75, 3.05) is 7.11 Å². The minimum absolute atomic E-state index is 0.0124. The van der Waals surface area contributed by atoms with Crippen LogP contribution in [0.5, 0.6) is 0 Å². The highest BCUT2D eigenvalue weighted by atomic mass is 16.7. The predicted molar refractivity (Wildman–Crippen MR) is 179 cm³/mol. The summed E-state index contributed by atoms with van der Waals surface area (Å²) in [5.41, 5.74) is -2.15. The molecular weight excluding hydrogens is 652 g/mol. The molecule has 6 bridgehead atoms. The van der Waals surface area contributed by atoms with Crippen molar-refractivity contribution in [3.05, 3.63) is 24.3 Å². The molecule has 0 aromatic rings. The lowest BCUT2D eigenvalue weighted by Crippen LogP contribution is -2.59. The van der Waals surface area contributed by atoms with Crippen LogP contribution in [0.25, 0.3) is 0 Å². The first kappa shape index (κ1) is 39.3. The zero-order valence-electron chi connectivity index (χ0n) is 30.0. The Morgan fingerprint density at radius 2 is 1.66 bits per heavy atom. The molecule has 50 heavy (non-hydrogen) atoms. The van der Waals surface area contributed by atoms with E-state index in [1.807, 2.05) is 19.1 Å². The summed E-state index contributed by atoms with van der Waals surface area (Å²) in [6, 6.07) is 0. The molecule has 5 heterocycles. The molecule has 5 aliphatic rings. The molecule has 0 amide bonds. The van der Waals surface area contributed by atoms with Crippen LogP contribution in [-0.2, 0) is 42.7 Å². The summed E-state index contributed by atoms with van der Waals surface area (Å²) in [4.78, 5) is 26.3. The number of aliphatic hydroxyl groups is 4. The highest BCUT2D eigenvalue weighted by molar-refractivity contribution is 5.83. The van der Waals surface area contributed by atoms with Gasteiger partial charge in [0.25, 0.3) is 0 Å². The minimum Gasteiger partial charge on any atom is -0.460 e. The number of rotatable bonds is 6. The maximum absolute atomic E-state index is 13.4. The number of carbonyl (C=O) groups is 2. The van der Waals surface area contributed by atoms with E-state index < -0.39 is 84.9 Å². The Kier molecular flexibility index (Phi) is 13.6. The van der Waals surface area contributed by atoms with Crippen LogP contribution >= 0.6 is 0 Å². The van der Waals surface area contributed by atoms with E-state index in [-0.39, 0.29) is 49.7 Å². The van der Waals surface area contributed by atoms with Gasteiger partial charge in [-0.25, -0.2) is 4.79 Å². The van der Waals surface area contributed by atoms with E-state index in [2.05, 4.69) is 26.0 Å². The first-order valence-electron chi connectivity index (χ1n) is 18.5. The van der Waals surface area contributed by atoms with Crippen molar-refractivity contribution in [3.8, 4) is 0 Å². The minimum atomic E-state index is -2.15. The summed E-state index contributed by atoms with van der Waals surface area (Å²) in [6.07, 6.45) is 1.62. The van der Waals surface area contributed by atoms with E-state index in [1.54, 1.807) is 6.92 Å². The number of esters is 2. The van der Waals surface area contributed by atoms with Crippen LogP contribution in [0.4, 0.5) is 0 Å². The van der Waals surface area contributed by atoms with Crippen LogP contribution in [-0.4, -0.2) is 125 Å². The molecular formula is C37H58O13. The monoisotopic (exact) mass is 710 g/mol. The van der Waals surface area contributed by atoms with Gasteiger partial charge < -0.3 is 53.6 Å². The van der Waals surface area contributed by atoms with Gasteiger partial charge >= 0.3 is 11.9 Å². The summed E-state index contributed by atoms with van der Waals surface area (Å²) in [7, 11) is 1.42. The summed E-state index contributed by atoms with van der Waals surface area (Å²) in [5, 5.41) is 44.2. The van der Waals surface area contributed by atoms with Gasteiger partial charge in [-0.2, -0.15) is 0 Å². The van der Waals surface area contributed by atoms with Crippen LogP contribution in [0.15, 0.2) is 24.3 Å². The molecule has 4 fully saturated rings. The highest BCUT2D eigenvalue weighted by Gasteiger charge is 2.57. The number of hydrogen-bond donors (Lipinski definition) is 4. The van der Waals surface area contributed by atoms with Crippen molar-refractivity contribution in [2.24, 2.45) is 11.8 Å². The second-order valence-corrected chi connectivity index (χ2v) is 15.1. The van der Waals surface area contributed by atoms with E-state index in [1.165, 1.54) is 7.11 Å². The fourth-order valence-electron chi connectivity index (χ4n) is 8.08. The van der Waals surface area contributed by atoms with E-state index in [0.29, 0.717) is 38.5 Å². The number of aliphatic hydroxyl groups excluding tert-OH is 3. The predicted octanol–water partition coefficient (Wildman–Crippen LogP) is 2.64. The molecule has 13 nitrogen and oxygen atoms in total. The summed E-state index contributed by atoms with van der Waals surface area (Å²) in [5.74, 6) is -1.12. The van der Waals surface area contributed by atoms with Crippen molar-refractivity contribution in [1.82, 2.24) is 0 Å². The summed E-state index contributed by atoms with van der Waals surface area (Å²) < 4.78 is 42.2. The van der Waals surface area contributed by atoms with Crippen molar-refractivity contribution in [1.29, 1.82) is 0 Å². The van der Waals surface area contributed by atoms with Crippen LogP contribution in [0.3, 0.4) is 0 Å². The molecule has 4 saturated heterocycles. The molecule has 0 unspecified atom stereocenters. The Balaban J connectivity index is 1.42. The van der Waals surface area contributed by atoms with E-state index in [0.717, 1.165) is 0 Å². The molecule has 5 rings (SSSR count). The largest absolute Gasteiger partial charge is 0.460 e.